The standard InChI is InChI=1S/C13H13F3O2.C2H6/c1-3-4-10(17)8-18-12-6-5-9(2)7-11(12)13(14,15)16;1-2/h3-7H,8H2,1-2H3;1-2H3/b4-3+;. The Kier molecular flexibility index (Phi) is 7.65. The third-order valence-electron chi connectivity index (χ3n) is 2.16. The molecule has 0 amide bonds. The number of aryl methyl sites for hydroxylation is 1. The van der Waals surface area contributed by atoms with Crippen LogP contribution in [0.1, 0.15) is 31.9 Å². The second kappa shape index (κ2) is 8.40. The van der Waals surface area contributed by atoms with E-state index >= 15 is 0 Å². The molecular formula is C15H19F3O2. The van der Waals surface area contributed by atoms with Crippen molar-refractivity contribution in [2.45, 2.75) is 33.9 Å². The van der Waals surface area contributed by atoms with Gasteiger partial charge in [0.05, 0.1) is 5.56 Å². The number of alkyl halides is 3. The smallest absolute Gasteiger partial charge is 0.419 e. The predicted molar refractivity (Wildman–Crippen MR) is 72.8 cm³/mol. The lowest BCUT2D eigenvalue weighted by molar-refractivity contribution is -0.139. The van der Waals surface area contributed by atoms with E-state index in [1.165, 1.54) is 24.3 Å². The van der Waals surface area contributed by atoms with Crippen molar-refractivity contribution in [1.29, 1.82) is 0 Å². The highest BCUT2D eigenvalue weighted by Crippen LogP contribution is 2.36. The molecule has 0 fully saturated rings. The predicted octanol–water partition coefficient (Wildman–Crippen LogP) is 4.56. The largest absolute Gasteiger partial charge is 0.485 e. The number of hydrogen-bond donors (Lipinski definition) is 0. The number of allylic oxidation sites excluding steroid dienone is 1. The number of hydrogen-bond acceptors (Lipinski definition) is 2. The van der Waals surface area contributed by atoms with Crippen LogP contribution in [-0.4, -0.2) is 12.4 Å². The van der Waals surface area contributed by atoms with Crippen LogP contribution in [0.4, 0.5) is 13.2 Å². The molecule has 0 atom stereocenters. The molecule has 5 heteroatoms. The van der Waals surface area contributed by atoms with Crippen molar-refractivity contribution in [2.75, 3.05) is 6.61 Å². The quantitative estimate of drug-likeness (QED) is 0.759. The highest BCUT2D eigenvalue weighted by molar-refractivity contribution is 5.90. The van der Waals surface area contributed by atoms with E-state index < -0.39 is 18.3 Å². The topological polar surface area (TPSA) is 26.3 Å². The molecule has 0 saturated heterocycles. The zero-order chi connectivity index (χ0) is 15.8. The van der Waals surface area contributed by atoms with Crippen molar-refractivity contribution >= 4 is 5.78 Å². The van der Waals surface area contributed by atoms with Gasteiger partial charge in [-0.05, 0) is 32.1 Å². The summed E-state index contributed by atoms with van der Waals surface area (Å²) in [6.45, 7) is 6.80. The zero-order valence-electron chi connectivity index (χ0n) is 12.0. The summed E-state index contributed by atoms with van der Waals surface area (Å²) in [6, 6.07) is 3.72. The second-order valence-electron chi connectivity index (χ2n) is 3.75. The molecule has 0 aliphatic rings. The highest BCUT2D eigenvalue weighted by atomic mass is 19.4. The van der Waals surface area contributed by atoms with Gasteiger partial charge < -0.3 is 4.74 Å². The maximum atomic E-state index is 12.7. The molecule has 0 aliphatic heterocycles. The Morgan fingerprint density at radius 2 is 1.90 bits per heavy atom. The average molecular weight is 288 g/mol. The van der Waals surface area contributed by atoms with E-state index in [4.69, 9.17) is 4.74 Å². The fourth-order valence-electron chi connectivity index (χ4n) is 1.37. The Morgan fingerprint density at radius 1 is 1.30 bits per heavy atom. The molecule has 1 aromatic carbocycles. The van der Waals surface area contributed by atoms with E-state index in [0.29, 0.717) is 5.56 Å². The van der Waals surface area contributed by atoms with E-state index in [1.807, 2.05) is 13.8 Å². The molecule has 0 aromatic heterocycles. The summed E-state index contributed by atoms with van der Waals surface area (Å²) >= 11 is 0. The van der Waals surface area contributed by atoms with Gasteiger partial charge in [0, 0.05) is 0 Å². The van der Waals surface area contributed by atoms with Gasteiger partial charge in [-0.1, -0.05) is 31.6 Å². The summed E-state index contributed by atoms with van der Waals surface area (Å²) in [4.78, 5) is 11.2. The number of ketones is 1. The fraction of sp³-hybridized carbons (Fsp3) is 0.400. The van der Waals surface area contributed by atoms with Gasteiger partial charge in [0.25, 0.3) is 0 Å². The van der Waals surface area contributed by atoms with Gasteiger partial charge in [-0.15, -0.1) is 0 Å². The lowest BCUT2D eigenvalue weighted by Gasteiger charge is -2.13. The molecule has 0 heterocycles. The molecule has 1 aromatic rings. The maximum absolute atomic E-state index is 12.7. The molecule has 2 nitrogen and oxygen atoms in total. The van der Waals surface area contributed by atoms with Crippen molar-refractivity contribution in [3.05, 3.63) is 41.5 Å². The summed E-state index contributed by atoms with van der Waals surface area (Å²) in [5, 5.41) is 0. The number of carbonyl (C=O) groups is 1. The monoisotopic (exact) mass is 288 g/mol. The van der Waals surface area contributed by atoms with E-state index in [9.17, 15) is 18.0 Å². The Morgan fingerprint density at radius 3 is 2.40 bits per heavy atom. The molecule has 0 bridgehead atoms. The Labute approximate surface area is 117 Å². The molecule has 0 N–H and O–H groups in total. The maximum Gasteiger partial charge on any atom is 0.419 e. The molecule has 0 saturated carbocycles. The molecule has 0 radical (unpaired) electrons. The SMILES string of the molecule is C/C=C/C(=O)COc1ccc(C)cc1C(F)(F)F.CC. The summed E-state index contributed by atoms with van der Waals surface area (Å²) < 4.78 is 43.1. The van der Waals surface area contributed by atoms with E-state index in [0.717, 1.165) is 6.07 Å². The Hall–Kier alpha value is -1.78. The number of ether oxygens (including phenoxy) is 1. The van der Waals surface area contributed by atoms with Crippen LogP contribution in [0, 0.1) is 6.92 Å². The van der Waals surface area contributed by atoms with Crippen LogP contribution in [0.15, 0.2) is 30.4 Å². The van der Waals surface area contributed by atoms with Crippen LogP contribution in [0.3, 0.4) is 0 Å². The van der Waals surface area contributed by atoms with Gasteiger partial charge in [-0.25, -0.2) is 0 Å². The van der Waals surface area contributed by atoms with Crippen molar-refractivity contribution in [2.24, 2.45) is 0 Å². The van der Waals surface area contributed by atoms with E-state index in [2.05, 4.69) is 0 Å². The third kappa shape index (κ3) is 5.91. The number of benzene rings is 1. The van der Waals surface area contributed by atoms with Crippen LogP contribution in [0.2, 0.25) is 0 Å². The normalized spacial score (nSPS) is 10.9. The van der Waals surface area contributed by atoms with Crippen LogP contribution >= 0.6 is 0 Å². The minimum atomic E-state index is -4.50. The Balaban J connectivity index is 0.00000172. The van der Waals surface area contributed by atoms with E-state index in [1.54, 1.807) is 13.8 Å². The van der Waals surface area contributed by atoms with Crippen molar-refractivity contribution in [1.82, 2.24) is 0 Å². The first-order valence-electron chi connectivity index (χ1n) is 6.30. The lowest BCUT2D eigenvalue weighted by atomic mass is 10.1. The second-order valence-corrected chi connectivity index (χ2v) is 3.75. The Bertz CT molecular complexity index is 463. The molecular weight excluding hydrogens is 269 g/mol. The average Bonchev–Trinajstić information content (AvgIpc) is 2.39. The summed E-state index contributed by atoms with van der Waals surface area (Å²) in [5.74, 6) is -0.711. The van der Waals surface area contributed by atoms with E-state index in [-0.39, 0.29) is 11.5 Å². The van der Waals surface area contributed by atoms with Crippen LogP contribution in [0.5, 0.6) is 5.75 Å². The van der Waals surface area contributed by atoms with Gasteiger partial charge in [-0.2, -0.15) is 13.2 Å². The van der Waals surface area contributed by atoms with Crippen LogP contribution in [0.25, 0.3) is 0 Å². The fourth-order valence-corrected chi connectivity index (χ4v) is 1.37. The molecule has 20 heavy (non-hydrogen) atoms. The van der Waals surface area contributed by atoms with Crippen molar-refractivity contribution in [3.8, 4) is 5.75 Å². The molecule has 1 rings (SSSR count). The molecule has 0 unspecified atom stereocenters. The van der Waals surface area contributed by atoms with Crippen LogP contribution < -0.4 is 4.74 Å². The summed E-state index contributed by atoms with van der Waals surface area (Å²) in [5.41, 5.74) is -0.384. The highest BCUT2D eigenvalue weighted by Gasteiger charge is 2.34. The minimum Gasteiger partial charge on any atom is -0.485 e. The first kappa shape index (κ1) is 18.2. The molecule has 0 spiro atoms. The minimum absolute atomic E-state index is 0.328. The lowest BCUT2D eigenvalue weighted by Crippen LogP contribution is -2.13. The molecule has 112 valence electrons. The number of carbonyl (C=O) groups excluding carboxylic acids is 1. The summed E-state index contributed by atoms with van der Waals surface area (Å²) in [6.07, 6.45) is -1.74. The number of rotatable bonds is 4. The van der Waals surface area contributed by atoms with Gasteiger partial charge in [0.15, 0.2) is 12.4 Å². The zero-order valence-corrected chi connectivity index (χ0v) is 12.0. The first-order chi connectivity index (χ1) is 9.34. The molecule has 0 aliphatic carbocycles. The third-order valence-corrected chi connectivity index (χ3v) is 2.16. The van der Waals surface area contributed by atoms with Gasteiger partial charge >= 0.3 is 6.18 Å². The number of halogens is 3. The van der Waals surface area contributed by atoms with Gasteiger partial charge in [-0.3, -0.25) is 4.79 Å². The van der Waals surface area contributed by atoms with Crippen molar-refractivity contribution < 1.29 is 22.7 Å². The first-order valence-corrected chi connectivity index (χ1v) is 6.30. The van der Waals surface area contributed by atoms with Crippen molar-refractivity contribution in [3.63, 3.8) is 0 Å². The van der Waals surface area contributed by atoms with Gasteiger partial charge in [0.2, 0.25) is 0 Å². The van der Waals surface area contributed by atoms with Crippen LogP contribution in [-0.2, 0) is 11.0 Å². The van der Waals surface area contributed by atoms with Gasteiger partial charge in [0.1, 0.15) is 5.75 Å². The summed E-state index contributed by atoms with van der Waals surface area (Å²) in [7, 11) is 0.